The van der Waals surface area contributed by atoms with E-state index in [0.29, 0.717) is 32.0 Å². The molecule has 0 aliphatic heterocycles. The minimum Gasteiger partial charge on any atom is -0.396 e. The molecule has 0 aromatic carbocycles. The van der Waals surface area contributed by atoms with Gasteiger partial charge in [0.2, 0.25) is 5.91 Å². The first-order valence-electron chi connectivity index (χ1n) is 8.64. The topological polar surface area (TPSA) is 76.4 Å². The van der Waals surface area contributed by atoms with Gasteiger partial charge in [-0.2, -0.15) is 5.26 Å². The Morgan fingerprint density at radius 3 is 2.64 bits per heavy atom. The van der Waals surface area contributed by atoms with E-state index in [4.69, 9.17) is 5.26 Å². The summed E-state index contributed by atoms with van der Waals surface area (Å²) in [4.78, 5) is 14.0. The monoisotopic (exact) mass is 309 g/mol. The van der Waals surface area contributed by atoms with E-state index < -0.39 is 0 Å². The van der Waals surface area contributed by atoms with Gasteiger partial charge in [-0.05, 0) is 39.0 Å². The third kappa shape index (κ3) is 6.33. The molecule has 1 aliphatic carbocycles. The Hall–Kier alpha value is -1.12. The predicted octanol–water partition coefficient (Wildman–Crippen LogP) is 1.92. The van der Waals surface area contributed by atoms with Crippen molar-refractivity contribution >= 4 is 5.91 Å². The molecule has 0 unspecified atom stereocenters. The van der Waals surface area contributed by atoms with Gasteiger partial charge in [0.15, 0.2) is 0 Å². The highest BCUT2D eigenvalue weighted by molar-refractivity contribution is 5.78. The van der Waals surface area contributed by atoms with Crippen LogP contribution >= 0.6 is 0 Å². The summed E-state index contributed by atoms with van der Waals surface area (Å²) in [6.45, 7) is 5.34. The fourth-order valence-electron chi connectivity index (χ4n) is 3.29. The number of nitriles is 1. The Morgan fingerprint density at radius 2 is 2.09 bits per heavy atom. The number of aliphatic hydroxyl groups excluding tert-OH is 1. The lowest BCUT2D eigenvalue weighted by Gasteiger charge is -2.31. The zero-order chi connectivity index (χ0) is 16.4. The minimum atomic E-state index is -0.143. The molecule has 0 aromatic heterocycles. The summed E-state index contributed by atoms with van der Waals surface area (Å²) in [5.41, 5.74) is 0. The second kappa shape index (κ2) is 10.6. The Kier molecular flexibility index (Phi) is 9.10. The van der Waals surface area contributed by atoms with Crippen molar-refractivity contribution in [2.24, 2.45) is 11.8 Å². The average Bonchev–Trinajstić information content (AvgIpc) is 2.56. The molecular formula is C17H31N3O2. The van der Waals surface area contributed by atoms with Gasteiger partial charge >= 0.3 is 0 Å². The minimum absolute atomic E-state index is 0.0448. The van der Waals surface area contributed by atoms with Crippen molar-refractivity contribution in [1.82, 2.24) is 10.2 Å². The second-order valence-electron chi connectivity index (χ2n) is 6.36. The fourth-order valence-corrected chi connectivity index (χ4v) is 3.29. The van der Waals surface area contributed by atoms with Gasteiger partial charge in [-0.3, -0.25) is 4.79 Å². The molecule has 126 valence electrons. The van der Waals surface area contributed by atoms with Crippen molar-refractivity contribution in [1.29, 1.82) is 5.26 Å². The molecule has 0 bridgehead atoms. The van der Waals surface area contributed by atoms with Crippen LogP contribution in [0.15, 0.2) is 0 Å². The Bertz CT molecular complexity index is 361. The molecular weight excluding hydrogens is 278 g/mol. The molecule has 0 aromatic rings. The number of nitrogens with zero attached hydrogens (tertiary/aromatic N) is 2. The smallest absolute Gasteiger partial charge is 0.236 e. The number of hydrogen-bond acceptors (Lipinski definition) is 4. The first kappa shape index (κ1) is 18.9. The molecule has 0 saturated heterocycles. The van der Waals surface area contributed by atoms with Crippen LogP contribution in [0.1, 0.15) is 52.4 Å². The Morgan fingerprint density at radius 1 is 1.41 bits per heavy atom. The number of hydrogen-bond donors (Lipinski definition) is 2. The normalized spacial score (nSPS) is 18.5. The molecule has 1 aliphatic rings. The summed E-state index contributed by atoms with van der Waals surface area (Å²) >= 11 is 0. The zero-order valence-electron chi connectivity index (χ0n) is 14.1. The lowest BCUT2D eigenvalue weighted by atomic mass is 9.83. The van der Waals surface area contributed by atoms with E-state index >= 15 is 0 Å². The number of carbonyl (C=O) groups excluding carboxylic acids is 1. The van der Waals surface area contributed by atoms with Crippen molar-refractivity contribution in [2.75, 3.05) is 26.2 Å². The van der Waals surface area contributed by atoms with E-state index in [9.17, 15) is 9.90 Å². The highest BCUT2D eigenvalue weighted by Gasteiger charge is 2.24. The SMILES string of the molecule is CCN(C[C@@H](C)C#N)C(=O)CN[C@@H](CCO)C1CCCCC1. The number of aliphatic hydroxyl groups is 1. The first-order valence-corrected chi connectivity index (χ1v) is 8.64. The highest BCUT2D eigenvalue weighted by Crippen LogP contribution is 2.27. The number of carbonyl (C=O) groups is 1. The van der Waals surface area contributed by atoms with Crippen LogP contribution in [0.5, 0.6) is 0 Å². The van der Waals surface area contributed by atoms with Gasteiger partial charge in [0.1, 0.15) is 0 Å². The third-order valence-electron chi connectivity index (χ3n) is 4.62. The summed E-state index contributed by atoms with van der Waals surface area (Å²) < 4.78 is 0. The van der Waals surface area contributed by atoms with E-state index in [1.165, 1.54) is 32.1 Å². The summed E-state index contributed by atoms with van der Waals surface area (Å²) in [6, 6.07) is 2.40. The molecule has 1 saturated carbocycles. The van der Waals surface area contributed by atoms with E-state index in [0.717, 1.165) is 0 Å². The van der Waals surface area contributed by atoms with Crippen molar-refractivity contribution in [2.45, 2.75) is 58.4 Å². The molecule has 0 spiro atoms. The quantitative estimate of drug-likeness (QED) is 0.682. The van der Waals surface area contributed by atoms with Crippen LogP contribution in [0.3, 0.4) is 0 Å². The van der Waals surface area contributed by atoms with E-state index in [-0.39, 0.29) is 24.5 Å². The average molecular weight is 309 g/mol. The van der Waals surface area contributed by atoms with Crippen LogP contribution in [-0.4, -0.2) is 48.2 Å². The predicted molar refractivity (Wildman–Crippen MR) is 87.1 cm³/mol. The van der Waals surface area contributed by atoms with Gasteiger partial charge in [0.25, 0.3) is 0 Å². The zero-order valence-corrected chi connectivity index (χ0v) is 14.1. The van der Waals surface area contributed by atoms with Crippen molar-refractivity contribution < 1.29 is 9.90 Å². The van der Waals surface area contributed by atoms with Gasteiger partial charge in [-0.25, -0.2) is 0 Å². The highest BCUT2D eigenvalue weighted by atomic mass is 16.3. The molecule has 1 fully saturated rings. The van der Waals surface area contributed by atoms with Crippen molar-refractivity contribution in [3.05, 3.63) is 0 Å². The fraction of sp³-hybridized carbons (Fsp3) is 0.882. The third-order valence-corrected chi connectivity index (χ3v) is 4.62. The van der Waals surface area contributed by atoms with Gasteiger partial charge in [-0.1, -0.05) is 19.3 Å². The maximum Gasteiger partial charge on any atom is 0.236 e. The molecule has 2 N–H and O–H groups in total. The van der Waals surface area contributed by atoms with Gasteiger partial charge < -0.3 is 15.3 Å². The van der Waals surface area contributed by atoms with E-state index in [1.807, 2.05) is 13.8 Å². The lowest BCUT2D eigenvalue weighted by molar-refractivity contribution is -0.130. The Labute approximate surface area is 134 Å². The summed E-state index contributed by atoms with van der Waals surface area (Å²) in [5, 5.41) is 21.5. The van der Waals surface area contributed by atoms with Crippen molar-refractivity contribution in [3.63, 3.8) is 0 Å². The largest absolute Gasteiger partial charge is 0.396 e. The van der Waals surface area contributed by atoms with Gasteiger partial charge in [0.05, 0.1) is 18.5 Å². The molecule has 5 heteroatoms. The molecule has 1 rings (SSSR count). The number of amides is 1. The summed E-state index contributed by atoms with van der Waals surface area (Å²) in [6.07, 6.45) is 6.89. The summed E-state index contributed by atoms with van der Waals surface area (Å²) in [7, 11) is 0. The standard InChI is InChI=1S/C17H31N3O2/c1-3-20(13-14(2)11-18)17(22)12-19-16(9-10-21)15-7-5-4-6-8-15/h14-16,19,21H,3-10,12-13H2,1-2H3/t14-,16-/m0/s1. The maximum absolute atomic E-state index is 12.3. The number of likely N-dealkylation sites (N-methyl/N-ethyl adjacent to an activating group) is 1. The van der Waals surface area contributed by atoms with Crippen LogP contribution in [0.25, 0.3) is 0 Å². The van der Waals surface area contributed by atoms with Crippen LogP contribution in [0, 0.1) is 23.2 Å². The van der Waals surface area contributed by atoms with E-state index in [2.05, 4.69) is 11.4 Å². The molecule has 1 amide bonds. The Balaban J connectivity index is 2.48. The maximum atomic E-state index is 12.3. The van der Waals surface area contributed by atoms with Gasteiger partial charge in [-0.15, -0.1) is 0 Å². The molecule has 2 atom stereocenters. The molecule has 22 heavy (non-hydrogen) atoms. The first-order chi connectivity index (χ1) is 10.6. The lowest BCUT2D eigenvalue weighted by Crippen LogP contribution is -2.46. The van der Waals surface area contributed by atoms with Gasteiger partial charge in [0, 0.05) is 25.7 Å². The number of rotatable bonds is 9. The summed E-state index contributed by atoms with van der Waals surface area (Å²) in [5.74, 6) is 0.473. The van der Waals surface area contributed by atoms with Crippen LogP contribution in [0.4, 0.5) is 0 Å². The molecule has 0 radical (unpaired) electrons. The van der Waals surface area contributed by atoms with Crippen LogP contribution in [-0.2, 0) is 4.79 Å². The second-order valence-corrected chi connectivity index (χ2v) is 6.36. The molecule has 5 nitrogen and oxygen atoms in total. The van der Waals surface area contributed by atoms with E-state index in [1.54, 1.807) is 4.90 Å². The van der Waals surface area contributed by atoms with Crippen LogP contribution in [0.2, 0.25) is 0 Å². The molecule has 0 heterocycles. The number of nitrogens with one attached hydrogen (secondary N) is 1. The van der Waals surface area contributed by atoms with Crippen molar-refractivity contribution in [3.8, 4) is 6.07 Å². The van der Waals surface area contributed by atoms with Crippen LogP contribution < -0.4 is 5.32 Å².